The standard InChI is InChI=1S/C21H22O/c22-21(17-9-7-15-19-11-3-1-4-12-19)18-10-8-16-20-13-5-2-6-14-20/h1-8,11-16H,9-10,17-18H2. The maximum absolute atomic E-state index is 11.8. The Kier molecular flexibility index (Phi) is 6.90. The van der Waals surface area contributed by atoms with E-state index in [0.29, 0.717) is 18.6 Å². The van der Waals surface area contributed by atoms with Crippen LogP contribution in [-0.4, -0.2) is 5.78 Å². The molecule has 0 atom stereocenters. The molecule has 0 aliphatic heterocycles. The number of ketones is 1. The van der Waals surface area contributed by atoms with Crippen molar-refractivity contribution in [3.8, 4) is 0 Å². The second-order valence-electron chi connectivity index (χ2n) is 5.24. The van der Waals surface area contributed by atoms with Crippen LogP contribution in [0, 0.1) is 0 Å². The average molecular weight is 290 g/mol. The predicted molar refractivity (Wildman–Crippen MR) is 94.4 cm³/mol. The molecule has 112 valence electrons. The Balaban J connectivity index is 1.62. The molecule has 0 spiro atoms. The first-order chi connectivity index (χ1) is 10.8. The number of carbonyl (C=O) groups is 1. The Bertz CT molecular complexity index is 553. The third kappa shape index (κ3) is 6.36. The zero-order valence-corrected chi connectivity index (χ0v) is 12.8. The van der Waals surface area contributed by atoms with Crippen molar-refractivity contribution in [3.05, 3.63) is 83.9 Å². The molecule has 2 aromatic rings. The molecule has 0 bridgehead atoms. The van der Waals surface area contributed by atoms with Crippen molar-refractivity contribution >= 4 is 17.9 Å². The minimum atomic E-state index is 0.329. The van der Waals surface area contributed by atoms with Gasteiger partial charge in [-0.25, -0.2) is 0 Å². The minimum Gasteiger partial charge on any atom is -0.300 e. The summed E-state index contributed by atoms with van der Waals surface area (Å²) in [6, 6.07) is 20.3. The van der Waals surface area contributed by atoms with Crippen LogP contribution in [-0.2, 0) is 4.79 Å². The lowest BCUT2D eigenvalue weighted by Crippen LogP contribution is -1.95. The summed E-state index contributed by atoms with van der Waals surface area (Å²) in [5, 5.41) is 0. The van der Waals surface area contributed by atoms with Gasteiger partial charge in [0.1, 0.15) is 5.78 Å². The molecule has 0 aliphatic carbocycles. The number of rotatable bonds is 8. The highest BCUT2D eigenvalue weighted by atomic mass is 16.1. The van der Waals surface area contributed by atoms with Gasteiger partial charge in [0.2, 0.25) is 0 Å². The smallest absolute Gasteiger partial charge is 0.133 e. The van der Waals surface area contributed by atoms with Crippen LogP contribution in [0.15, 0.2) is 72.8 Å². The number of hydrogen-bond acceptors (Lipinski definition) is 1. The van der Waals surface area contributed by atoms with Gasteiger partial charge in [0.05, 0.1) is 0 Å². The van der Waals surface area contributed by atoms with Gasteiger partial charge < -0.3 is 0 Å². The van der Waals surface area contributed by atoms with E-state index < -0.39 is 0 Å². The number of allylic oxidation sites excluding steroid dienone is 2. The van der Waals surface area contributed by atoms with E-state index in [1.54, 1.807) is 0 Å². The van der Waals surface area contributed by atoms with Crippen LogP contribution in [0.2, 0.25) is 0 Å². The SMILES string of the molecule is O=C(CCC=Cc1ccccc1)CCC=Cc1ccccc1. The van der Waals surface area contributed by atoms with Crippen molar-refractivity contribution in [1.82, 2.24) is 0 Å². The fourth-order valence-corrected chi connectivity index (χ4v) is 2.18. The summed E-state index contributed by atoms with van der Waals surface area (Å²) < 4.78 is 0. The van der Waals surface area contributed by atoms with Crippen LogP contribution in [0.4, 0.5) is 0 Å². The van der Waals surface area contributed by atoms with Crippen LogP contribution >= 0.6 is 0 Å². The van der Waals surface area contributed by atoms with Crippen molar-refractivity contribution in [2.45, 2.75) is 25.7 Å². The van der Waals surface area contributed by atoms with Crippen LogP contribution in [0.5, 0.6) is 0 Å². The van der Waals surface area contributed by atoms with Crippen LogP contribution in [0.3, 0.4) is 0 Å². The highest BCUT2D eigenvalue weighted by molar-refractivity contribution is 5.78. The maximum atomic E-state index is 11.8. The van der Waals surface area contributed by atoms with E-state index in [9.17, 15) is 4.79 Å². The normalized spacial score (nSPS) is 11.3. The molecule has 0 fully saturated rings. The first-order valence-corrected chi connectivity index (χ1v) is 7.79. The number of hydrogen-bond donors (Lipinski definition) is 0. The first kappa shape index (κ1) is 16.0. The lowest BCUT2D eigenvalue weighted by atomic mass is 10.1. The second kappa shape index (κ2) is 9.51. The monoisotopic (exact) mass is 290 g/mol. The maximum Gasteiger partial charge on any atom is 0.133 e. The van der Waals surface area contributed by atoms with Gasteiger partial charge in [-0.05, 0) is 24.0 Å². The summed E-state index contributed by atoms with van der Waals surface area (Å²) in [4.78, 5) is 11.8. The van der Waals surface area contributed by atoms with E-state index in [-0.39, 0.29) is 0 Å². The average Bonchev–Trinajstić information content (AvgIpc) is 2.57. The lowest BCUT2D eigenvalue weighted by Gasteiger charge is -1.96. The highest BCUT2D eigenvalue weighted by Gasteiger charge is 1.98. The van der Waals surface area contributed by atoms with Crippen molar-refractivity contribution in [2.24, 2.45) is 0 Å². The summed E-state index contributed by atoms with van der Waals surface area (Å²) in [7, 11) is 0. The van der Waals surface area contributed by atoms with Gasteiger partial charge >= 0.3 is 0 Å². The molecule has 22 heavy (non-hydrogen) atoms. The molecule has 0 saturated carbocycles. The third-order valence-electron chi connectivity index (χ3n) is 3.40. The molecule has 0 amide bonds. The van der Waals surface area contributed by atoms with Crippen molar-refractivity contribution in [1.29, 1.82) is 0 Å². The summed E-state index contributed by atoms with van der Waals surface area (Å²) in [5.41, 5.74) is 2.36. The van der Waals surface area contributed by atoms with Crippen LogP contribution in [0.1, 0.15) is 36.8 Å². The van der Waals surface area contributed by atoms with Gasteiger partial charge in [0.25, 0.3) is 0 Å². The minimum absolute atomic E-state index is 0.329. The number of benzene rings is 2. The molecule has 1 nitrogen and oxygen atoms in total. The van der Waals surface area contributed by atoms with E-state index in [2.05, 4.69) is 48.6 Å². The van der Waals surface area contributed by atoms with Gasteiger partial charge in [-0.1, -0.05) is 85.0 Å². The van der Waals surface area contributed by atoms with Gasteiger partial charge in [0, 0.05) is 12.8 Å². The molecule has 0 heterocycles. The van der Waals surface area contributed by atoms with Crippen LogP contribution in [0.25, 0.3) is 12.2 Å². The molecule has 2 rings (SSSR count). The predicted octanol–water partition coefficient (Wildman–Crippen LogP) is 5.54. The number of carbonyl (C=O) groups excluding carboxylic acids is 1. The molecule has 0 radical (unpaired) electrons. The number of Topliss-reactive ketones (excluding diaryl/α,β-unsaturated/α-hetero) is 1. The summed E-state index contributed by atoms with van der Waals surface area (Å²) in [6.45, 7) is 0. The molecule has 0 aromatic heterocycles. The fraction of sp³-hybridized carbons (Fsp3) is 0.190. The van der Waals surface area contributed by atoms with E-state index in [1.807, 2.05) is 36.4 Å². The molecule has 0 unspecified atom stereocenters. The van der Waals surface area contributed by atoms with E-state index in [4.69, 9.17) is 0 Å². The van der Waals surface area contributed by atoms with Crippen molar-refractivity contribution in [2.75, 3.05) is 0 Å². The molecular weight excluding hydrogens is 268 g/mol. The molecule has 0 saturated heterocycles. The first-order valence-electron chi connectivity index (χ1n) is 7.79. The Morgan fingerprint density at radius 1 is 0.682 bits per heavy atom. The van der Waals surface area contributed by atoms with Gasteiger partial charge in [-0.15, -0.1) is 0 Å². The fourth-order valence-electron chi connectivity index (χ4n) is 2.18. The molecule has 2 aromatic carbocycles. The Morgan fingerprint density at radius 2 is 1.09 bits per heavy atom. The summed E-state index contributed by atoms with van der Waals surface area (Å²) in [6.07, 6.45) is 11.2. The van der Waals surface area contributed by atoms with Crippen LogP contribution < -0.4 is 0 Å². The van der Waals surface area contributed by atoms with Gasteiger partial charge in [-0.3, -0.25) is 4.79 Å². The summed E-state index contributed by atoms with van der Waals surface area (Å²) >= 11 is 0. The van der Waals surface area contributed by atoms with Crippen molar-refractivity contribution < 1.29 is 4.79 Å². The largest absolute Gasteiger partial charge is 0.300 e. The van der Waals surface area contributed by atoms with E-state index in [1.165, 1.54) is 11.1 Å². The van der Waals surface area contributed by atoms with E-state index in [0.717, 1.165) is 12.8 Å². The lowest BCUT2D eigenvalue weighted by molar-refractivity contribution is -0.118. The highest BCUT2D eigenvalue weighted by Crippen LogP contribution is 2.07. The molecule has 1 heteroatoms. The second-order valence-corrected chi connectivity index (χ2v) is 5.24. The Hall–Kier alpha value is -2.41. The summed E-state index contributed by atoms with van der Waals surface area (Å²) in [5.74, 6) is 0.329. The topological polar surface area (TPSA) is 17.1 Å². The Labute approximate surface area is 133 Å². The Morgan fingerprint density at radius 3 is 1.50 bits per heavy atom. The molecule has 0 N–H and O–H groups in total. The molecule has 0 aliphatic rings. The van der Waals surface area contributed by atoms with Crippen molar-refractivity contribution in [3.63, 3.8) is 0 Å². The van der Waals surface area contributed by atoms with E-state index >= 15 is 0 Å². The van der Waals surface area contributed by atoms with Gasteiger partial charge in [0.15, 0.2) is 0 Å². The zero-order chi connectivity index (χ0) is 15.5. The zero-order valence-electron chi connectivity index (χ0n) is 12.8. The quantitative estimate of drug-likeness (QED) is 0.623. The molecular formula is C21H22O. The third-order valence-corrected chi connectivity index (χ3v) is 3.40. The van der Waals surface area contributed by atoms with Gasteiger partial charge in [-0.2, -0.15) is 0 Å².